The van der Waals surface area contributed by atoms with Crippen LogP contribution in [0.15, 0.2) is 84.9 Å². The van der Waals surface area contributed by atoms with Gasteiger partial charge >= 0.3 is 11.9 Å². The van der Waals surface area contributed by atoms with E-state index < -0.39 is 48.0 Å². The summed E-state index contributed by atoms with van der Waals surface area (Å²) in [6.07, 6.45) is -0.553. The number of carbonyl (C=O) groups excluding carboxylic acids is 8. The smallest absolute Gasteiger partial charge is 0.419 e. The van der Waals surface area contributed by atoms with E-state index in [0.717, 1.165) is 25.7 Å². The minimum atomic E-state index is -1.83. The number of amides is 6. The maximum Gasteiger partial charge on any atom is 0.419 e. The fourth-order valence-electron chi connectivity index (χ4n) is 8.43. The van der Waals surface area contributed by atoms with Crippen molar-refractivity contribution in [2.24, 2.45) is 0 Å². The lowest BCUT2D eigenvalue weighted by Gasteiger charge is -2.38. The molecule has 2 saturated heterocycles. The first-order chi connectivity index (χ1) is 36.7. The van der Waals surface area contributed by atoms with Gasteiger partial charge in [0.2, 0.25) is 12.5 Å². The highest BCUT2D eigenvalue weighted by Gasteiger charge is 2.40. The van der Waals surface area contributed by atoms with Gasteiger partial charge in [0.1, 0.15) is 0 Å². The number of hydrogen-bond acceptors (Lipinski definition) is 16. The Morgan fingerprint density at radius 3 is 1.17 bits per heavy atom. The number of nitrogens with one attached hydrogen (secondary N) is 4. The molecule has 6 rings (SSSR count). The summed E-state index contributed by atoms with van der Waals surface area (Å²) in [5.74, 6) is -5.23. The third kappa shape index (κ3) is 14.5. The van der Waals surface area contributed by atoms with Crippen LogP contribution in [-0.2, 0) is 28.7 Å². The molecule has 4 aromatic carbocycles. The molecular formula is C54H66N8O14. The molecule has 2 aliphatic heterocycles. The molecule has 0 aliphatic carbocycles. The summed E-state index contributed by atoms with van der Waals surface area (Å²) in [4.78, 5) is 117. The first kappa shape index (κ1) is 57.0. The Morgan fingerprint density at radius 2 is 0.829 bits per heavy atom. The number of nitrogens with zero attached hydrogens (tertiary/aromatic N) is 4. The number of unbranched alkanes of at least 4 members (excludes halogenated alkanes) is 2. The second-order valence-corrected chi connectivity index (χ2v) is 17.6. The quantitative estimate of drug-likeness (QED) is 0.0493. The Balaban J connectivity index is 1.25. The van der Waals surface area contributed by atoms with Gasteiger partial charge in [-0.3, -0.25) is 38.6 Å². The molecule has 76 heavy (non-hydrogen) atoms. The molecular weight excluding hydrogens is 985 g/mol. The molecule has 406 valence electrons. The van der Waals surface area contributed by atoms with Crippen molar-refractivity contribution in [3.8, 4) is 23.0 Å². The SMILES string of the molecule is CCCCNC(=O)c1ccccc1NC(=O)C(OC(=O)C(=O)OC(C(=O)Nc1ccccc1C(=O)NCCCC)N1CCN(C(=O)c2ccc(OC)c(OC)c2)CC1)N1CCN(C(=O)c2ccc(OC)c(OC)c2)CC1. The van der Waals surface area contributed by atoms with Crippen LogP contribution in [0.5, 0.6) is 23.0 Å². The Kier molecular flexibility index (Phi) is 20.9. The van der Waals surface area contributed by atoms with E-state index in [1.165, 1.54) is 72.3 Å². The predicted molar refractivity (Wildman–Crippen MR) is 278 cm³/mol. The van der Waals surface area contributed by atoms with Crippen LogP contribution >= 0.6 is 0 Å². The first-order valence-corrected chi connectivity index (χ1v) is 25.0. The van der Waals surface area contributed by atoms with Gasteiger partial charge in [-0.15, -0.1) is 0 Å². The average molecular weight is 1050 g/mol. The second kappa shape index (κ2) is 27.9. The number of esters is 2. The molecule has 0 aromatic heterocycles. The van der Waals surface area contributed by atoms with Gasteiger partial charge in [-0.25, -0.2) is 9.59 Å². The summed E-state index contributed by atoms with van der Waals surface area (Å²) in [6.45, 7) is 4.83. The van der Waals surface area contributed by atoms with E-state index in [9.17, 15) is 38.4 Å². The van der Waals surface area contributed by atoms with Crippen LogP contribution in [-0.4, -0.2) is 173 Å². The zero-order valence-corrected chi connectivity index (χ0v) is 43.6. The molecule has 4 aromatic rings. The Bertz CT molecular complexity index is 2540. The van der Waals surface area contributed by atoms with Crippen LogP contribution in [0.4, 0.5) is 11.4 Å². The summed E-state index contributed by atoms with van der Waals surface area (Å²) in [6, 6.07) is 22.0. The summed E-state index contributed by atoms with van der Waals surface area (Å²) < 4.78 is 32.8. The maximum absolute atomic E-state index is 14.4. The number of para-hydroxylation sites is 2. The topological polar surface area (TPSA) is 253 Å². The Labute approximate surface area is 441 Å². The molecule has 22 nitrogen and oxygen atoms in total. The third-order valence-corrected chi connectivity index (χ3v) is 12.7. The van der Waals surface area contributed by atoms with E-state index in [1.807, 2.05) is 13.8 Å². The van der Waals surface area contributed by atoms with E-state index in [2.05, 4.69) is 21.3 Å². The molecule has 2 heterocycles. The van der Waals surface area contributed by atoms with Crippen molar-refractivity contribution in [1.29, 1.82) is 0 Å². The van der Waals surface area contributed by atoms with E-state index in [1.54, 1.807) is 60.7 Å². The minimum Gasteiger partial charge on any atom is -0.493 e. The standard InChI is InChI=1S/C54H66N8O14/c1-7-9-23-55-45(63)37-15-11-13-17-39(37)57-47(65)51(61-29-25-59(26-30-61)49(67)35-19-21-41(71-3)43(33-35)73-5)75-53(69)54(70)76-52(48(66)58-40-18-14-12-16-38(40)46(64)56-24-10-8-2)62-31-27-60(28-32-62)50(68)36-20-22-42(72-4)44(34-36)74-6/h11-22,33-34,51-52H,7-10,23-32H2,1-6H3,(H,55,63)(H,56,64)(H,57,65)(H,58,66). The van der Waals surface area contributed by atoms with E-state index >= 15 is 0 Å². The monoisotopic (exact) mass is 1050 g/mol. The van der Waals surface area contributed by atoms with Gasteiger partial charge in [0.25, 0.3) is 35.4 Å². The first-order valence-electron chi connectivity index (χ1n) is 25.0. The highest BCUT2D eigenvalue weighted by Crippen LogP contribution is 2.30. The summed E-state index contributed by atoms with van der Waals surface area (Å²) in [5.41, 5.74) is 1.06. The predicted octanol–water partition coefficient (Wildman–Crippen LogP) is 4.01. The second-order valence-electron chi connectivity index (χ2n) is 17.6. The van der Waals surface area contributed by atoms with E-state index in [-0.39, 0.29) is 86.7 Å². The summed E-state index contributed by atoms with van der Waals surface area (Å²) in [5, 5.41) is 11.0. The van der Waals surface area contributed by atoms with E-state index in [4.69, 9.17) is 28.4 Å². The zero-order chi connectivity index (χ0) is 54.7. The molecule has 0 saturated carbocycles. The van der Waals surface area contributed by atoms with Crippen molar-refractivity contribution in [2.45, 2.75) is 52.0 Å². The zero-order valence-electron chi connectivity index (χ0n) is 43.6. The summed E-state index contributed by atoms with van der Waals surface area (Å²) >= 11 is 0. The third-order valence-electron chi connectivity index (χ3n) is 12.7. The van der Waals surface area contributed by atoms with Crippen LogP contribution in [0.2, 0.25) is 0 Å². The van der Waals surface area contributed by atoms with Crippen molar-refractivity contribution in [3.05, 3.63) is 107 Å². The summed E-state index contributed by atoms with van der Waals surface area (Å²) in [7, 11) is 5.85. The van der Waals surface area contributed by atoms with Crippen molar-refractivity contribution in [2.75, 3.05) is 105 Å². The lowest BCUT2D eigenvalue weighted by Crippen LogP contribution is -2.58. The number of piperazine rings is 2. The number of methoxy groups -OCH3 is 4. The van der Waals surface area contributed by atoms with Crippen molar-refractivity contribution < 1.29 is 66.8 Å². The number of ether oxygens (including phenoxy) is 6. The van der Waals surface area contributed by atoms with Crippen molar-refractivity contribution in [3.63, 3.8) is 0 Å². The minimum absolute atomic E-state index is 0.0264. The molecule has 2 unspecified atom stereocenters. The maximum atomic E-state index is 14.4. The normalized spacial score (nSPS) is 14.5. The number of benzene rings is 4. The lowest BCUT2D eigenvalue weighted by molar-refractivity contribution is -0.188. The fourth-order valence-corrected chi connectivity index (χ4v) is 8.43. The lowest BCUT2D eigenvalue weighted by atomic mass is 10.1. The molecule has 0 bridgehead atoms. The van der Waals surface area contributed by atoms with Gasteiger partial charge in [0, 0.05) is 76.6 Å². The van der Waals surface area contributed by atoms with Crippen molar-refractivity contribution >= 4 is 58.8 Å². The van der Waals surface area contributed by atoms with Gasteiger partial charge < -0.3 is 59.5 Å². The molecule has 2 aliphatic rings. The number of anilines is 2. The van der Waals surface area contributed by atoms with Gasteiger partial charge in [0.15, 0.2) is 23.0 Å². The number of hydrogen-bond donors (Lipinski definition) is 4. The van der Waals surface area contributed by atoms with Crippen molar-refractivity contribution in [1.82, 2.24) is 30.2 Å². The molecule has 2 fully saturated rings. The van der Waals surface area contributed by atoms with E-state index in [0.29, 0.717) is 47.2 Å². The van der Waals surface area contributed by atoms with Gasteiger partial charge in [-0.1, -0.05) is 51.0 Å². The number of carbonyl (C=O) groups is 8. The molecule has 6 amide bonds. The Morgan fingerprint density at radius 1 is 0.474 bits per heavy atom. The Hall–Kier alpha value is -8.24. The highest BCUT2D eigenvalue weighted by atomic mass is 16.6. The van der Waals surface area contributed by atoms with Crippen LogP contribution in [0.3, 0.4) is 0 Å². The van der Waals surface area contributed by atoms with Crippen LogP contribution in [0, 0.1) is 0 Å². The molecule has 22 heteroatoms. The molecule has 0 spiro atoms. The van der Waals surface area contributed by atoms with Crippen LogP contribution < -0.4 is 40.2 Å². The average Bonchev–Trinajstić information content (AvgIpc) is 3.45. The van der Waals surface area contributed by atoms with Crippen LogP contribution in [0.25, 0.3) is 0 Å². The fraction of sp³-hybridized carbons (Fsp3) is 0.407. The molecule has 0 radical (unpaired) electrons. The van der Waals surface area contributed by atoms with Gasteiger partial charge in [0.05, 0.1) is 50.9 Å². The van der Waals surface area contributed by atoms with Gasteiger partial charge in [-0.2, -0.15) is 0 Å². The largest absolute Gasteiger partial charge is 0.493 e. The number of rotatable bonds is 22. The van der Waals surface area contributed by atoms with Gasteiger partial charge in [-0.05, 0) is 73.5 Å². The van der Waals surface area contributed by atoms with Crippen LogP contribution in [0.1, 0.15) is 81.0 Å². The highest BCUT2D eigenvalue weighted by molar-refractivity contribution is 6.30. The molecule has 2 atom stereocenters. The molecule has 4 N–H and O–H groups in total.